The third kappa shape index (κ3) is 14.7. The van der Waals surface area contributed by atoms with Crippen molar-refractivity contribution in [2.24, 2.45) is 0 Å². The highest BCUT2D eigenvalue weighted by atomic mass is 32.2. The van der Waals surface area contributed by atoms with Gasteiger partial charge in [-0.1, -0.05) is 19.8 Å². The third-order valence-corrected chi connectivity index (χ3v) is 5.18. The highest BCUT2D eigenvalue weighted by Gasteiger charge is 2.30. The summed E-state index contributed by atoms with van der Waals surface area (Å²) in [6.07, 6.45) is 5.29. The van der Waals surface area contributed by atoms with Gasteiger partial charge in [0.2, 0.25) is 0 Å². The van der Waals surface area contributed by atoms with Crippen LogP contribution in [0.3, 0.4) is 0 Å². The summed E-state index contributed by atoms with van der Waals surface area (Å²) in [7, 11) is 1.26. The summed E-state index contributed by atoms with van der Waals surface area (Å²) < 4.78 is 43.0. The van der Waals surface area contributed by atoms with Gasteiger partial charge in [-0.15, -0.1) is 7.92 Å². The molecule has 0 saturated heterocycles. The highest BCUT2D eigenvalue weighted by Crippen LogP contribution is 2.34. The molecule has 0 aromatic rings. The molecule has 0 aromatic carbocycles. The van der Waals surface area contributed by atoms with Crippen molar-refractivity contribution in [3.8, 4) is 0 Å². The standard InChI is InChI=1S/C12H25F3NOPS/c1-4-5-6-8-17-9-11-18(3)10-7-16(2)19-12(13,14)15/h4-11H2,1-3H3. The van der Waals surface area contributed by atoms with Crippen LogP contribution in [0.15, 0.2) is 0 Å². The van der Waals surface area contributed by atoms with Crippen LogP contribution in [0.5, 0.6) is 0 Å². The third-order valence-electron chi connectivity index (χ3n) is 2.57. The molecule has 0 spiro atoms. The van der Waals surface area contributed by atoms with E-state index in [9.17, 15) is 13.2 Å². The molecule has 0 amide bonds. The van der Waals surface area contributed by atoms with Gasteiger partial charge in [0.05, 0.1) is 6.61 Å². The zero-order valence-electron chi connectivity index (χ0n) is 12.0. The van der Waals surface area contributed by atoms with Crippen molar-refractivity contribution in [3.05, 3.63) is 0 Å². The van der Waals surface area contributed by atoms with Crippen LogP contribution in [0.4, 0.5) is 13.2 Å². The molecule has 0 rings (SSSR count). The molecule has 0 saturated carbocycles. The van der Waals surface area contributed by atoms with Crippen LogP contribution in [-0.4, -0.2) is 55.6 Å². The van der Waals surface area contributed by atoms with Crippen LogP contribution in [0.25, 0.3) is 0 Å². The van der Waals surface area contributed by atoms with Crippen molar-refractivity contribution >= 4 is 19.9 Å². The Bertz CT molecular complexity index is 220. The molecule has 0 aliphatic carbocycles. The molecule has 0 aromatic heterocycles. The van der Waals surface area contributed by atoms with E-state index in [-0.39, 0.29) is 19.9 Å². The summed E-state index contributed by atoms with van der Waals surface area (Å²) in [4.78, 5) is 0. The molecule has 0 heterocycles. The Hall–Kier alpha value is 0.490. The second kappa shape index (κ2) is 11.2. The van der Waals surface area contributed by atoms with Gasteiger partial charge in [-0.25, -0.2) is 4.31 Å². The normalized spacial score (nSPS) is 14.1. The molecule has 0 N–H and O–H groups in total. The van der Waals surface area contributed by atoms with Gasteiger partial charge in [0, 0.05) is 25.1 Å². The van der Waals surface area contributed by atoms with E-state index in [1.54, 1.807) is 0 Å². The van der Waals surface area contributed by atoms with E-state index in [1.165, 1.54) is 24.2 Å². The lowest BCUT2D eigenvalue weighted by molar-refractivity contribution is -0.0357. The summed E-state index contributed by atoms with van der Waals surface area (Å²) in [5.74, 6) is 0. The lowest BCUT2D eigenvalue weighted by atomic mass is 10.3. The number of halogens is 3. The molecule has 7 heteroatoms. The van der Waals surface area contributed by atoms with Crippen LogP contribution in [0.1, 0.15) is 26.2 Å². The minimum atomic E-state index is -4.17. The highest BCUT2D eigenvalue weighted by molar-refractivity contribution is 7.97. The zero-order valence-corrected chi connectivity index (χ0v) is 13.7. The van der Waals surface area contributed by atoms with E-state index in [0.29, 0.717) is 6.54 Å². The number of rotatable bonds is 11. The first kappa shape index (κ1) is 19.5. The molecule has 0 bridgehead atoms. The van der Waals surface area contributed by atoms with E-state index in [1.807, 2.05) is 0 Å². The number of unbranched alkanes of at least 4 members (excludes halogenated alkanes) is 2. The van der Waals surface area contributed by atoms with Crippen molar-refractivity contribution in [3.63, 3.8) is 0 Å². The van der Waals surface area contributed by atoms with Crippen molar-refractivity contribution in [1.29, 1.82) is 0 Å². The Kier molecular flexibility index (Phi) is 11.5. The molecule has 2 nitrogen and oxygen atoms in total. The monoisotopic (exact) mass is 319 g/mol. The summed E-state index contributed by atoms with van der Waals surface area (Å²) in [6.45, 7) is 6.29. The number of alkyl halides is 3. The Morgan fingerprint density at radius 1 is 1.16 bits per heavy atom. The molecule has 0 fully saturated rings. The van der Waals surface area contributed by atoms with E-state index >= 15 is 0 Å². The molecule has 0 aliphatic rings. The molecule has 19 heavy (non-hydrogen) atoms. The SMILES string of the molecule is CCCCCOCCP(C)CCN(C)SC(F)(F)F. The number of hydrogen-bond acceptors (Lipinski definition) is 3. The predicted octanol–water partition coefficient (Wildman–Crippen LogP) is 4.40. The van der Waals surface area contributed by atoms with Crippen molar-refractivity contribution < 1.29 is 17.9 Å². The van der Waals surface area contributed by atoms with E-state index in [2.05, 4.69) is 13.6 Å². The van der Waals surface area contributed by atoms with Gasteiger partial charge in [-0.3, -0.25) is 0 Å². The Morgan fingerprint density at radius 2 is 1.84 bits per heavy atom. The summed E-state index contributed by atoms with van der Waals surface area (Å²) in [6, 6.07) is 0. The largest absolute Gasteiger partial charge is 0.456 e. The molecule has 0 radical (unpaired) electrons. The minimum Gasteiger partial charge on any atom is -0.381 e. The quantitative estimate of drug-likeness (QED) is 0.318. The molecule has 116 valence electrons. The fourth-order valence-electron chi connectivity index (χ4n) is 1.42. The maximum atomic E-state index is 12.1. The van der Waals surface area contributed by atoms with Crippen LogP contribution < -0.4 is 0 Å². The van der Waals surface area contributed by atoms with Crippen molar-refractivity contribution in [1.82, 2.24) is 4.31 Å². The van der Waals surface area contributed by atoms with Crippen LogP contribution in [0, 0.1) is 0 Å². The number of hydrogen-bond donors (Lipinski definition) is 0. The van der Waals surface area contributed by atoms with Crippen LogP contribution >= 0.6 is 19.9 Å². The van der Waals surface area contributed by atoms with E-state index in [0.717, 1.165) is 32.0 Å². The first-order valence-electron chi connectivity index (χ1n) is 6.58. The van der Waals surface area contributed by atoms with Gasteiger partial charge in [-0.2, -0.15) is 13.2 Å². The molecular weight excluding hydrogens is 294 g/mol. The minimum absolute atomic E-state index is 0.0514. The van der Waals surface area contributed by atoms with Crippen LogP contribution in [-0.2, 0) is 4.74 Å². The maximum absolute atomic E-state index is 12.1. The van der Waals surface area contributed by atoms with Gasteiger partial charge >= 0.3 is 5.51 Å². The average Bonchev–Trinajstić information content (AvgIpc) is 2.29. The Balaban J connectivity index is 3.46. The molecule has 1 atom stereocenters. The van der Waals surface area contributed by atoms with Crippen molar-refractivity contribution in [2.45, 2.75) is 31.7 Å². The first-order valence-corrected chi connectivity index (χ1v) is 9.51. The van der Waals surface area contributed by atoms with Crippen molar-refractivity contribution in [2.75, 3.05) is 45.8 Å². The maximum Gasteiger partial charge on any atom is 0.456 e. The molecule has 1 unspecified atom stereocenters. The number of nitrogens with zero attached hydrogens (tertiary/aromatic N) is 1. The second-order valence-corrected chi connectivity index (χ2v) is 8.39. The second-order valence-electron chi connectivity index (χ2n) is 4.51. The van der Waals surface area contributed by atoms with Gasteiger partial charge in [0.25, 0.3) is 0 Å². The van der Waals surface area contributed by atoms with E-state index in [4.69, 9.17) is 4.74 Å². The lowest BCUT2D eigenvalue weighted by Gasteiger charge is -2.19. The Labute approximate surface area is 120 Å². The van der Waals surface area contributed by atoms with Gasteiger partial charge in [0.1, 0.15) is 0 Å². The number of ether oxygens (including phenoxy) is 1. The lowest BCUT2D eigenvalue weighted by Crippen LogP contribution is -2.20. The molecule has 0 aliphatic heterocycles. The van der Waals surface area contributed by atoms with Gasteiger partial charge in [-0.05, 0) is 32.5 Å². The fraction of sp³-hybridized carbons (Fsp3) is 1.00. The van der Waals surface area contributed by atoms with Gasteiger partial charge in [0.15, 0.2) is 0 Å². The first-order chi connectivity index (χ1) is 8.85. The predicted molar refractivity (Wildman–Crippen MR) is 79.2 cm³/mol. The summed E-state index contributed by atoms with van der Waals surface area (Å²) in [5.41, 5.74) is -4.17. The zero-order chi connectivity index (χ0) is 14.7. The Morgan fingerprint density at radius 3 is 2.42 bits per heavy atom. The fourth-order valence-corrected chi connectivity index (χ4v) is 3.40. The summed E-state index contributed by atoms with van der Waals surface area (Å²) in [5, 5.41) is 0. The van der Waals surface area contributed by atoms with E-state index < -0.39 is 5.51 Å². The average molecular weight is 319 g/mol. The molecular formula is C12H25F3NOPS. The summed E-state index contributed by atoms with van der Waals surface area (Å²) >= 11 is -0.0514. The van der Waals surface area contributed by atoms with Crippen LogP contribution in [0.2, 0.25) is 0 Å². The van der Waals surface area contributed by atoms with Gasteiger partial charge < -0.3 is 4.74 Å². The smallest absolute Gasteiger partial charge is 0.381 e. The topological polar surface area (TPSA) is 12.5 Å².